The summed E-state index contributed by atoms with van der Waals surface area (Å²) in [5.41, 5.74) is 1.49. The molecule has 3 atom stereocenters. The summed E-state index contributed by atoms with van der Waals surface area (Å²) >= 11 is 1.41. The van der Waals surface area contributed by atoms with E-state index in [-0.39, 0.29) is 24.3 Å². The van der Waals surface area contributed by atoms with E-state index in [4.69, 9.17) is 18.9 Å². The highest BCUT2D eigenvalue weighted by Gasteiger charge is 2.40. The molecule has 1 saturated heterocycles. The Hall–Kier alpha value is -3.89. The minimum atomic E-state index is -0.680. The van der Waals surface area contributed by atoms with Gasteiger partial charge in [0.2, 0.25) is 0 Å². The molecule has 0 spiro atoms. The summed E-state index contributed by atoms with van der Waals surface area (Å²) in [7, 11) is 0. The van der Waals surface area contributed by atoms with E-state index in [1.807, 2.05) is 16.4 Å². The predicted molar refractivity (Wildman–Crippen MR) is 145 cm³/mol. The van der Waals surface area contributed by atoms with Gasteiger partial charge in [0, 0.05) is 36.9 Å². The zero-order valence-electron chi connectivity index (χ0n) is 22.0. The number of nitrogens with zero attached hydrogens (tertiary/aromatic N) is 1. The molecule has 40 heavy (non-hydrogen) atoms. The topological polar surface area (TPSA) is 91.4 Å². The van der Waals surface area contributed by atoms with Gasteiger partial charge in [-0.2, -0.15) is 0 Å². The minimum absolute atomic E-state index is 0.208. The van der Waals surface area contributed by atoms with Crippen LogP contribution >= 0.6 is 11.9 Å². The summed E-state index contributed by atoms with van der Waals surface area (Å²) in [6.45, 7) is 3.55. The Morgan fingerprint density at radius 1 is 0.925 bits per heavy atom. The molecule has 0 aliphatic carbocycles. The molecule has 3 unspecified atom stereocenters. The van der Waals surface area contributed by atoms with E-state index in [1.165, 1.54) is 37.9 Å². The van der Waals surface area contributed by atoms with Crippen LogP contribution in [0.15, 0.2) is 71.6 Å². The fourth-order valence-electron chi connectivity index (χ4n) is 4.87. The Balaban J connectivity index is 1.40. The van der Waals surface area contributed by atoms with Crippen molar-refractivity contribution in [3.05, 3.63) is 83.7 Å². The highest BCUT2D eigenvalue weighted by molar-refractivity contribution is 7.97. The molecule has 0 amide bonds. The number of fused-ring (bicyclic) bond motifs is 1. The first-order chi connectivity index (χ1) is 19.3. The molecule has 0 radical (unpaired) electrons. The van der Waals surface area contributed by atoms with Crippen molar-refractivity contribution in [2.45, 2.75) is 49.6 Å². The van der Waals surface area contributed by atoms with Gasteiger partial charge in [0.05, 0.1) is 12.5 Å². The first-order valence-corrected chi connectivity index (χ1v) is 13.7. The summed E-state index contributed by atoms with van der Waals surface area (Å²) in [6.07, 6.45) is 0.780. The van der Waals surface area contributed by atoms with Gasteiger partial charge in [-0.1, -0.05) is 12.1 Å². The van der Waals surface area contributed by atoms with E-state index >= 15 is 0 Å². The van der Waals surface area contributed by atoms with Gasteiger partial charge in [0.25, 0.3) is 0 Å². The van der Waals surface area contributed by atoms with Crippen molar-refractivity contribution in [3.8, 4) is 17.2 Å². The predicted octanol–water partition coefficient (Wildman–Crippen LogP) is 5.61. The van der Waals surface area contributed by atoms with Gasteiger partial charge in [-0.3, -0.25) is 14.4 Å². The van der Waals surface area contributed by atoms with Crippen molar-refractivity contribution in [3.63, 3.8) is 0 Å². The smallest absolute Gasteiger partial charge is 0.324 e. The lowest BCUT2D eigenvalue weighted by atomic mass is 9.87. The molecule has 2 heterocycles. The summed E-state index contributed by atoms with van der Waals surface area (Å²) in [5, 5.41) is 0. The molecule has 2 aliphatic heterocycles. The molecular weight excluding hydrogens is 537 g/mol. The summed E-state index contributed by atoms with van der Waals surface area (Å²) in [6, 6.07) is 17.7. The Morgan fingerprint density at radius 3 is 2.30 bits per heavy atom. The Labute approximate surface area is 235 Å². The zero-order chi connectivity index (χ0) is 28.2. The fourth-order valence-corrected chi connectivity index (χ4v) is 5.94. The van der Waals surface area contributed by atoms with Crippen LogP contribution in [-0.4, -0.2) is 41.4 Å². The minimum Gasteiger partial charge on any atom is -0.492 e. The van der Waals surface area contributed by atoms with Crippen LogP contribution in [0.1, 0.15) is 49.8 Å². The van der Waals surface area contributed by atoms with Crippen molar-refractivity contribution < 1.29 is 37.7 Å². The summed E-state index contributed by atoms with van der Waals surface area (Å²) in [4.78, 5) is 37.3. The molecular formula is C30H28FNO7S. The number of carbonyl (C=O) groups is 3. The number of halogens is 1. The largest absolute Gasteiger partial charge is 0.492 e. The second kappa shape index (κ2) is 12.1. The molecule has 0 N–H and O–H groups in total. The van der Waals surface area contributed by atoms with Crippen molar-refractivity contribution in [1.82, 2.24) is 4.31 Å². The molecule has 0 aromatic heterocycles. The lowest BCUT2D eigenvalue weighted by Crippen LogP contribution is -2.36. The zero-order valence-corrected chi connectivity index (χ0v) is 22.8. The number of hydrogen-bond acceptors (Lipinski definition) is 9. The van der Waals surface area contributed by atoms with Gasteiger partial charge >= 0.3 is 17.9 Å². The van der Waals surface area contributed by atoms with Crippen LogP contribution in [0.5, 0.6) is 17.2 Å². The lowest BCUT2D eigenvalue weighted by molar-refractivity contribution is -0.155. The van der Waals surface area contributed by atoms with E-state index in [9.17, 15) is 18.8 Å². The maximum absolute atomic E-state index is 13.6. The van der Waals surface area contributed by atoms with Crippen molar-refractivity contribution in [2.24, 2.45) is 0 Å². The third kappa shape index (κ3) is 6.46. The molecule has 3 aromatic rings. The highest BCUT2D eigenvalue weighted by atomic mass is 32.2. The number of carbonyl (C=O) groups excluding carboxylic acids is 3. The van der Waals surface area contributed by atoms with Gasteiger partial charge in [-0.15, -0.1) is 0 Å². The molecule has 0 saturated carbocycles. The van der Waals surface area contributed by atoms with E-state index in [2.05, 4.69) is 0 Å². The first-order valence-electron chi connectivity index (χ1n) is 12.9. The maximum Gasteiger partial charge on any atom is 0.324 e. The maximum atomic E-state index is 13.6. The standard InChI is InChI=1S/C30H28FNO7S/c1-18(33)37-22-9-5-20(6-10-22)26-17-36-28-16-23(38-19(2)34)11-14-25(28)29(26)39-30(35)27-4-3-15-32(27)40-24-12-7-21(31)8-13-24/h5-14,16,26-27,29H,3-4,15,17H2,1-2H3. The van der Waals surface area contributed by atoms with E-state index in [0.717, 1.165) is 16.9 Å². The highest BCUT2D eigenvalue weighted by Crippen LogP contribution is 2.45. The van der Waals surface area contributed by atoms with Crippen LogP contribution < -0.4 is 14.2 Å². The average molecular weight is 566 g/mol. The molecule has 10 heteroatoms. The quantitative estimate of drug-likeness (QED) is 0.206. The van der Waals surface area contributed by atoms with Crippen molar-refractivity contribution >= 4 is 29.9 Å². The van der Waals surface area contributed by atoms with Gasteiger partial charge < -0.3 is 18.9 Å². The van der Waals surface area contributed by atoms with Crippen LogP contribution in [0.25, 0.3) is 0 Å². The number of ether oxygens (including phenoxy) is 4. The number of hydrogen-bond donors (Lipinski definition) is 0. The third-order valence-electron chi connectivity index (χ3n) is 6.66. The molecule has 8 nitrogen and oxygen atoms in total. The summed E-state index contributed by atoms with van der Waals surface area (Å²) < 4.78 is 38.0. The SMILES string of the molecule is CC(=O)Oc1ccc(C2COc3cc(OC(C)=O)ccc3C2OC(=O)C2CCCN2Sc2ccc(F)cc2)cc1. The fraction of sp³-hybridized carbons (Fsp3) is 0.300. The molecule has 5 rings (SSSR count). The van der Waals surface area contributed by atoms with Crippen LogP contribution in [0.4, 0.5) is 4.39 Å². The third-order valence-corrected chi connectivity index (χ3v) is 7.82. The monoisotopic (exact) mass is 565 g/mol. The second-order valence-electron chi connectivity index (χ2n) is 9.57. The molecule has 1 fully saturated rings. The van der Waals surface area contributed by atoms with Gasteiger partial charge in [0.1, 0.15) is 35.2 Å². The first kappa shape index (κ1) is 27.7. The van der Waals surface area contributed by atoms with Crippen LogP contribution in [-0.2, 0) is 19.1 Å². The van der Waals surface area contributed by atoms with Gasteiger partial charge in [0.15, 0.2) is 0 Å². The molecule has 0 bridgehead atoms. The van der Waals surface area contributed by atoms with Gasteiger partial charge in [-0.25, -0.2) is 8.70 Å². The molecule has 2 aliphatic rings. The summed E-state index contributed by atoms with van der Waals surface area (Å²) in [5.74, 6) is -0.692. The van der Waals surface area contributed by atoms with Crippen molar-refractivity contribution in [2.75, 3.05) is 13.2 Å². The van der Waals surface area contributed by atoms with E-state index < -0.39 is 24.1 Å². The Bertz CT molecular complexity index is 1400. The second-order valence-corrected chi connectivity index (χ2v) is 10.7. The average Bonchev–Trinajstić information content (AvgIpc) is 3.38. The van der Waals surface area contributed by atoms with E-state index in [1.54, 1.807) is 42.5 Å². The van der Waals surface area contributed by atoms with Crippen LogP contribution in [0.3, 0.4) is 0 Å². The number of esters is 3. The van der Waals surface area contributed by atoms with Gasteiger partial charge in [-0.05, 0) is 78.9 Å². The van der Waals surface area contributed by atoms with E-state index in [0.29, 0.717) is 35.8 Å². The Morgan fingerprint density at radius 2 is 1.60 bits per heavy atom. The van der Waals surface area contributed by atoms with Crippen molar-refractivity contribution in [1.29, 1.82) is 0 Å². The van der Waals surface area contributed by atoms with Crippen LogP contribution in [0.2, 0.25) is 0 Å². The van der Waals surface area contributed by atoms with Crippen LogP contribution in [0, 0.1) is 5.82 Å². The molecule has 208 valence electrons. The normalized spacial score (nSPS) is 20.2. The number of benzene rings is 3. The number of rotatable bonds is 7. The molecule has 3 aromatic carbocycles. The Kier molecular flexibility index (Phi) is 8.37. The lowest BCUT2D eigenvalue weighted by Gasteiger charge is -2.35.